The van der Waals surface area contributed by atoms with Gasteiger partial charge in [0.15, 0.2) is 0 Å². The lowest BCUT2D eigenvalue weighted by atomic mass is 9.80. The average molecular weight is 271 g/mol. The second kappa shape index (κ2) is 7.08. The van der Waals surface area contributed by atoms with Crippen LogP contribution in [0.25, 0.3) is 0 Å². The fourth-order valence-electron chi connectivity index (χ4n) is 2.22. The zero-order chi connectivity index (χ0) is 15.3. The van der Waals surface area contributed by atoms with Gasteiger partial charge in [-0.25, -0.2) is 0 Å². The number of nitrogens with one attached hydrogen (secondary N) is 1. The molecule has 116 valence electrons. The molecule has 0 unspecified atom stereocenters. The molecule has 0 heterocycles. The number of hydrogen-bond donors (Lipinski definition) is 1. The first kappa shape index (κ1) is 18.9. The first-order valence-corrected chi connectivity index (χ1v) is 7.98. The first-order chi connectivity index (χ1) is 8.52. The quantitative estimate of drug-likeness (QED) is 0.707. The highest BCUT2D eigenvalue weighted by molar-refractivity contribution is 4.89. The van der Waals surface area contributed by atoms with Crippen LogP contribution in [-0.4, -0.2) is 36.1 Å². The Hall–Kier alpha value is -0.0800. The highest BCUT2D eigenvalue weighted by atomic mass is 15.2. The van der Waals surface area contributed by atoms with Crippen molar-refractivity contribution in [2.45, 2.75) is 85.7 Å². The SMILES string of the molecule is CCC(CC)(CNC(C)(C)C)CN(C)C(C)(C)CC. The van der Waals surface area contributed by atoms with Crippen LogP contribution in [0.1, 0.15) is 74.7 Å². The van der Waals surface area contributed by atoms with Crippen LogP contribution in [0.5, 0.6) is 0 Å². The Morgan fingerprint density at radius 1 is 0.842 bits per heavy atom. The van der Waals surface area contributed by atoms with E-state index in [2.05, 4.69) is 72.7 Å². The van der Waals surface area contributed by atoms with E-state index in [1.807, 2.05) is 0 Å². The summed E-state index contributed by atoms with van der Waals surface area (Å²) in [6.07, 6.45) is 3.66. The van der Waals surface area contributed by atoms with Crippen molar-refractivity contribution in [2.24, 2.45) is 5.41 Å². The van der Waals surface area contributed by atoms with Crippen molar-refractivity contribution in [2.75, 3.05) is 20.1 Å². The Morgan fingerprint density at radius 2 is 1.32 bits per heavy atom. The van der Waals surface area contributed by atoms with E-state index >= 15 is 0 Å². The topological polar surface area (TPSA) is 15.3 Å². The van der Waals surface area contributed by atoms with E-state index in [-0.39, 0.29) is 11.1 Å². The number of rotatable bonds is 8. The van der Waals surface area contributed by atoms with E-state index < -0.39 is 0 Å². The van der Waals surface area contributed by atoms with Gasteiger partial charge in [-0.3, -0.25) is 0 Å². The van der Waals surface area contributed by atoms with Crippen molar-refractivity contribution in [3.05, 3.63) is 0 Å². The molecule has 0 aliphatic heterocycles. The van der Waals surface area contributed by atoms with Gasteiger partial charge in [-0.1, -0.05) is 20.8 Å². The molecule has 0 spiro atoms. The van der Waals surface area contributed by atoms with E-state index in [4.69, 9.17) is 0 Å². The van der Waals surface area contributed by atoms with Crippen molar-refractivity contribution in [3.8, 4) is 0 Å². The predicted octanol–water partition coefficient (Wildman–Crippen LogP) is 4.30. The molecule has 2 heteroatoms. The molecule has 1 N–H and O–H groups in total. The van der Waals surface area contributed by atoms with E-state index in [0.717, 1.165) is 6.54 Å². The lowest BCUT2D eigenvalue weighted by Crippen LogP contribution is -2.52. The largest absolute Gasteiger partial charge is 0.311 e. The Balaban J connectivity index is 4.80. The van der Waals surface area contributed by atoms with Crippen LogP contribution in [0.15, 0.2) is 0 Å². The van der Waals surface area contributed by atoms with Gasteiger partial charge in [-0.05, 0) is 66.3 Å². The van der Waals surface area contributed by atoms with Crippen LogP contribution in [0.2, 0.25) is 0 Å². The monoisotopic (exact) mass is 270 g/mol. The highest BCUT2D eigenvalue weighted by Gasteiger charge is 2.33. The fraction of sp³-hybridized carbons (Fsp3) is 1.00. The van der Waals surface area contributed by atoms with Gasteiger partial charge in [0.2, 0.25) is 0 Å². The summed E-state index contributed by atoms with van der Waals surface area (Å²) in [6, 6.07) is 0. The summed E-state index contributed by atoms with van der Waals surface area (Å²) in [5.41, 5.74) is 0.875. The smallest absolute Gasteiger partial charge is 0.0147 e. The lowest BCUT2D eigenvalue weighted by molar-refractivity contribution is 0.0709. The van der Waals surface area contributed by atoms with Crippen molar-refractivity contribution < 1.29 is 0 Å². The molecule has 0 radical (unpaired) electrons. The molecule has 0 saturated heterocycles. The Bertz CT molecular complexity index is 246. The Morgan fingerprint density at radius 3 is 1.63 bits per heavy atom. The minimum absolute atomic E-state index is 0.203. The molecule has 0 aromatic rings. The molecule has 0 saturated carbocycles. The molecule has 2 nitrogen and oxygen atoms in total. The zero-order valence-electron chi connectivity index (χ0n) is 15.0. The standard InChI is InChI=1S/C17H38N2/c1-10-16(7,8)19(9)14-17(11-2,12-3)13-18-15(4,5)6/h18H,10-14H2,1-9H3. The van der Waals surface area contributed by atoms with Crippen molar-refractivity contribution in [3.63, 3.8) is 0 Å². The van der Waals surface area contributed by atoms with Crippen molar-refractivity contribution >= 4 is 0 Å². The maximum atomic E-state index is 3.71. The van der Waals surface area contributed by atoms with Crippen molar-refractivity contribution in [1.29, 1.82) is 0 Å². The van der Waals surface area contributed by atoms with Crippen LogP contribution in [-0.2, 0) is 0 Å². The molecule has 0 amide bonds. The van der Waals surface area contributed by atoms with Crippen LogP contribution >= 0.6 is 0 Å². The van der Waals surface area contributed by atoms with E-state index in [9.17, 15) is 0 Å². The zero-order valence-corrected chi connectivity index (χ0v) is 15.0. The van der Waals surface area contributed by atoms with Gasteiger partial charge >= 0.3 is 0 Å². The highest BCUT2D eigenvalue weighted by Crippen LogP contribution is 2.30. The van der Waals surface area contributed by atoms with Crippen LogP contribution < -0.4 is 5.32 Å². The summed E-state index contributed by atoms with van der Waals surface area (Å²) >= 11 is 0. The summed E-state index contributed by atoms with van der Waals surface area (Å²) in [6.45, 7) is 20.7. The minimum atomic E-state index is 0.203. The summed E-state index contributed by atoms with van der Waals surface area (Å²) in [5, 5.41) is 3.71. The average Bonchev–Trinajstić information content (AvgIpc) is 2.33. The molecular formula is C17H38N2. The molecule has 0 aromatic heterocycles. The molecule has 0 bridgehead atoms. The van der Waals surface area contributed by atoms with Gasteiger partial charge in [0.1, 0.15) is 0 Å². The molecule has 0 atom stereocenters. The second-order valence-corrected chi connectivity index (χ2v) is 7.83. The summed E-state index contributed by atoms with van der Waals surface area (Å²) < 4.78 is 0. The molecule has 0 aliphatic carbocycles. The summed E-state index contributed by atoms with van der Waals surface area (Å²) in [4.78, 5) is 2.55. The Labute approximate surface area is 122 Å². The maximum Gasteiger partial charge on any atom is 0.0147 e. The molecule has 0 aromatic carbocycles. The van der Waals surface area contributed by atoms with Crippen molar-refractivity contribution in [1.82, 2.24) is 10.2 Å². The van der Waals surface area contributed by atoms with Gasteiger partial charge in [0, 0.05) is 24.2 Å². The van der Waals surface area contributed by atoms with Crippen LogP contribution in [0.3, 0.4) is 0 Å². The van der Waals surface area contributed by atoms with Gasteiger partial charge < -0.3 is 10.2 Å². The molecule has 19 heavy (non-hydrogen) atoms. The van der Waals surface area contributed by atoms with E-state index in [1.165, 1.54) is 25.8 Å². The predicted molar refractivity (Wildman–Crippen MR) is 87.8 cm³/mol. The molecule has 0 rings (SSSR count). The van der Waals surface area contributed by atoms with Gasteiger partial charge in [0.05, 0.1) is 0 Å². The summed E-state index contributed by atoms with van der Waals surface area (Å²) in [7, 11) is 2.28. The van der Waals surface area contributed by atoms with Gasteiger partial charge in [-0.15, -0.1) is 0 Å². The maximum absolute atomic E-state index is 3.71. The third-order valence-electron chi connectivity index (χ3n) is 4.96. The number of hydrogen-bond acceptors (Lipinski definition) is 2. The minimum Gasteiger partial charge on any atom is -0.311 e. The molecule has 0 aliphatic rings. The normalized spacial score (nSPS) is 14.2. The first-order valence-electron chi connectivity index (χ1n) is 7.98. The van der Waals surface area contributed by atoms with Crippen LogP contribution in [0, 0.1) is 5.41 Å². The van der Waals surface area contributed by atoms with Gasteiger partial charge in [-0.2, -0.15) is 0 Å². The number of nitrogens with zero attached hydrogens (tertiary/aromatic N) is 1. The lowest BCUT2D eigenvalue weighted by Gasteiger charge is -2.44. The Kier molecular flexibility index (Phi) is 7.05. The summed E-state index contributed by atoms with van der Waals surface area (Å²) in [5.74, 6) is 0. The van der Waals surface area contributed by atoms with Crippen LogP contribution in [0.4, 0.5) is 0 Å². The molecule has 0 fully saturated rings. The van der Waals surface area contributed by atoms with E-state index in [0.29, 0.717) is 5.41 Å². The van der Waals surface area contributed by atoms with E-state index in [1.54, 1.807) is 0 Å². The second-order valence-electron chi connectivity index (χ2n) is 7.83. The van der Waals surface area contributed by atoms with Gasteiger partial charge in [0.25, 0.3) is 0 Å². The molecular weight excluding hydrogens is 232 g/mol. The third-order valence-corrected chi connectivity index (χ3v) is 4.96. The third kappa shape index (κ3) is 6.27. The fourth-order valence-corrected chi connectivity index (χ4v) is 2.22.